The molecule has 0 atom stereocenters. The lowest BCUT2D eigenvalue weighted by atomic mass is 10.0. The summed E-state index contributed by atoms with van der Waals surface area (Å²) in [6.45, 7) is 0. The molecule has 0 unspecified atom stereocenters. The molecule has 0 aliphatic carbocycles. The van der Waals surface area contributed by atoms with Crippen LogP contribution in [0.2, 0.25) is 0 Å². The number of hydrogen-bond acceptors (Lipinski definition) is 4. The molecule has 0 heterocycles. The van der Waals surface area contributed by atoms with E-state index in [-0.39, 0.29) is 16.1 Å². The normalized spacial score (nSPS) is 11.2. The minimum Gasteiger partial charge on any atom is -0.398 e. The van der Waals surface area contributed by atoms with Crippen molar-refractivity contribution in [3.63, 3.8) is 0 Å². The van der Waals surface area contributed by atoms with Gasteiger partial charge in [0.2, 0.25) is 10.0 Å². The van der Waals surface area contributed by atoms with Crippen molar-refractivity contribution in [2.24, 2.45) is 10.9 Å². The second-order valence-electron chi connectivity index (χ2n) is 5.91. The molecule has 6 N–H and O–H groups in total. The third kappa shape index (κ3) is 3.72. The first-order valence-electron chi connectivity index (χ1n) is 8.06. The number of primary sulfonamides is 1. The van der Waals surface area contributed by atoms with E-state index < -0.39 is 16.1 Å². The first-order valence-corrected chi connectivity index (χ1v) is 10.4. The van der Waals surface area contributed by atoms with E-state index in [1.54, 1.807) is 60.7 Å². The zero-order valence-electron chi connectivity index (χ0n) is 14.5. The van der Waals surface area contributed by atoms with Gasteiger partial charge in [-0.05, 0) is 46.3 Å². The maximum absolute atomic E-state index is 12.4. The minimum absolute atomic E-state index is 0.106. The summed E-state index contributed by atoms with van der Waals surface area (Å²) in [7, 11) is -4.03. The lowest BCUT2D eigenvalue weighted by molar-refractivity contribution is 0.256. The van der Waals surface area contributed by atoms with Crippen molar-refractivity contribution in [2.45, 2.75) is 4.90 Å². The number of anilines is 3. The van der Waals surface area contributed by atoms with Crippen molar-refractivity contribution in [3.05, 3.63) is 71.2 Å². The van der Waals surface area contributed by atoms with E-state index in [2.05, 4.69) is 15.9 Å². The Morgan fingerprint density at radius 2 is 1.50 bits per heavy atom. The highest BCUT2D eigenvalue weighted by molar-refractivity contribution is 9.10. The Morgan fingerprint density at radius 3 is 2.14 bits per heavy atom. The van der Waals surface area contributed by atoms with Crippen LogP contribution >= 0.6 is 15.9 Å². The molecule has 3 aromatic rings. The Balaban J connectivity index is 2.37. The van der Waals surface area contributed by atoms with Crippen LogP contribution in [0.5, 0.6) is 0 Å². The van der Waals surface area contributed by atoms with Gasteiger partial charge in [-0.1, -0.05) is 36.4 Å². The standard InChI is InChI=1S/C19H17BrN4O3S/c20-13-7-2-3-9-15(13)24(19(22)25)16-10-5-8-14(21)18(16)12-6-1-4-11-17(12)28(23,26)27/h1-11H,21H2,(H2,22,25)(H2,23,26,27). The maximum Gasteiger partial charge on any atom is 0.323 e. The summed E-state index contributed by atoms with van der Waals surface area (Å²) >= 11 is 3.41. The number of nitrogens with two attached hydrogens (primary N) is 3. The van der Waals surface area contributed by atoms with Crippen molar-refractivity contribution >= 4 is 49.0 Å². The molecule has 3 aromatic carbocycles. The van der Waals surface area contributed by atoms with Crippen LogP contribution in [0, 0.1) is 0 Å². The summed E-state index contributed by atoms with van der Waals surface area (Å²) in [5.41, 5.74) is 13.6. The Morgan fingerprint density at radius 1 is 0.893 bits per heavy atom. The highest BCUT2D eigenvalue weighted by Gasteiger charge is 2.25. The lowest BCUT2D eigenvalue weighted by Crippen LogP contribution is -2.32. The third-order valence-electron chi connectivity index (χ3n) is 4.09. The van der Waals surface area contributed by atoms with Crippen molar-refractivity contribution in [1.29, 1.82) is 0 Å². The number of amides is 2. The number of urea groups is 1. The molecule has 28 heavy (non-hydrogen) atoms. The summed E-state index contributed by atoms with van der Waals surface area (Å²) < 4.78 is 24.8. The number of rotatable bonds is 4. The molecule has 0 bridgehead atoms. The van der Waals surface area contributed by atoms with Crippen LogP contribution in [0.15, 0.2) is 76.1 Å². The van der Waals surface area contributed by atoms with E-state index in [1.165, 1.54) is 11.0 Å². The fraction of sp³-hybridized carbons (Fsp3) is 0. The van der Waals surface area contributed by atoms with E-state index in [0.717, 1.165) is 0 Å². The number of halogens is 1. The van der Waals surface area contributed by atoms with Gasteiger partial charge in [0.25, 0.3) is 0 Å². The van der Waals surface area contributed by atoms with Crippen LogP contribution in [0.25, 0.3) is 11.1 Å². The number of hydrogen-bond donors (Lipinski definition) is 3. The van der Waals surface area contributed by atoms with Gasteiger partial charge >= 0.3 is 6.03 Å². The van der Waals surface area contributed by atoms with Crippen molar-refractivity contribution in [2.75, 3.05) is 10.6 Å². The number of nitrogen functional groups attached to an aromatic ring is 1. The molecule has 0 saturated heterocycles. The van der Waals surface area contributed by atoms with Crippen molar-refractivity contribution < 1.29 is 13.2 Å². The summed E-state index contributed by atoms with van der Waals surface area (Å²) in [5.74, 6) is 0. The van der Waals surface area contributed by atoms with Gasteiger partial charge in [-0.25, -0.2) is 18.4 Å². The molecular weight excluding hydrogens is 444 g/mol. The Hall–Kier alpha value is -2.88. The Bertz CT molecular complexity index is 1170. The average Bonchev–Trinajstić information content (AvgIpc) is 2.63. The second-order valence-corrected chi connectivity index (χ2v) is 8.29. The minimum atomic E-state index is -4.03. The molecule has 0 aliphatic heterocycles. The van der Waals surface area contributed by atoms with E-state index >= 15 is 0 Å². The Kier molecular flexibility index (Phi) is 5.41. The number of benzene rings is 3. The van der Waals surface area contributed by atoms with Crippen LogP contribution in [-0.4, -0.2) is 14.4 Å². The Labute approximate surface area is 170 Å². The molecule has 7 nitrogen and oxygen atoms in total. The van der Waals surface area contributed by atoms with Crippen LogP contribution in [0.3, 0.4) is 0 Å². The summed E-state index contributed by atoms with van der Waals surface area (Å²) in [6.07, 6.45) is 0. The molecule has 0 aliphatic rings. The average molecular weight is 461 g/mol. The van der Waals surface area contributed by atoms with Gasteiger partial charge in [0.05, 0.1) is 16.3 Å². The van der Waals surface area contributed by atoms with Crippen molar-refractivity contribution in [3.8, 4) is 11.1 Å². The number of sulfonamides is 1. The number of carbonyl (C=O) groups excluding carboxylic acids is 1. The maximum atomic E-state index is 12.4. The lowest BCUT2D eigenvalue weighted by Gasteiger charge is -2.26. The van der Waals surface area contributed by atoms with Crippen LogP contribution in [-0.2, 0) is 10.0 Å². The van der Waals surface area contributed by atoms with Gasteiger partial charge in [-0.15, -0.1) is 0 Å². The topological polar surface area (TPSA) is 133 Å². The van der Waals surface area contributed by atoms with E-state index in [1.807, 2.05) is 0 Å². The quantitative estimate of drug-likeness (QED) is 0.513. The molecule has 0 saturated carbocycles. The second kappa shape index (κ2) is 7.63. The zero-order chi connectivity index (χ0) is 20.5. The molecule has 0 aromatic heterocycles. The highest BCUT2D eigenvalue weighted by Crippen LogP contribution is 2.42. The first kappa shape index (κ1) is 19.9. The number of carbonyl (C=O) groups is 1. The van der Waals surface area contributed by atoms with Crippen LogP contribution in [0.1, 0.15) is 0 Å². The van der Waals surface area contributed by atoms with Gasteiger partial charge in [-0.3, -0.25) is 4.90 Å². The van der Waals surface area contributed by atoms with Gasteiger partial charge < -0.3 is 11.5 Å². The fourth-order valence-corrected chi connectivity index (χ4v) is 4.17. The largest absolute Gasteiger partial charge is 0.398 e. The summed E-state index contributed by atoms with van der Waals surface area (Å²) in [6, 6.07) is 17.3. The van der Waals surface area contributed by atoms with Crippen LogP contribution < -0.4 is 21.5 Å². The number of para-hydroxylation sites is 1. The van der Waals surface area contributed by atoms with E-state index in [9.17, 15) is 13.2 Å². The predicted octanol–water partition coefficient (Wildman–Crippen LogP) is 3.56. The van der Waals surface area contributed by atoms with Gasteiger partial charge in [0.1, 0.15) is 0 Å². The molecule has 9 heteroatoms. The third-order valence-corrected chi connectivity index (χ3v) is 5.73. The van der Waals surface area contributed by atoms with Crippen LogP contribution in [0.4, 0.5) is 21.9 Å². The SMILES string of the molecule is NC(=O)N(c1ccccc1Br)c1cccc(N)c1-c1ccccc1S(N)(=O)=O. The zero-order valence-corrected chi connectivity index (χ0v) is 16.9. The van der Waals surface area contributed by atoms with Gasteiger partial charge in [-0.2, -0.15) is 0 Å². The monoisotopic (exact) mass is 460 g/mol. The van der Waals surface area contributed by atoms with Gasteiger partial charge in [0.15, 0.2) is 0 Å². The van der Waals surface area contributed by atoms with E-state index in [0.29, 0.717) is 21.4 Å². The fourth-order valence-electron chi connectivity index (χ4n) is 2.96. The molecule has 0 fully saturated rings. The molecule has 3 rings (SSSR count). The van der Waals surface area contributed by atoms with Crippen molar-refractivity contribution in [1.82, 2.24) is 0 Å². The molecule has 0 spiro atoms. The summed E-state index contributed by atoms with van der Waals surface area (Å²) in [4.78, 5) is 13.5. The predicted molar refractivity (Wildman–Crippen MR) is 114 cm³/mol. The number of primary amides is 1. The highest BCUT2D eigenvalue weighted by atomic mass is 79.9. The first-order chi connectivity index (χ1) is 13.2. The smallest absolute Gasteiger partial charge is 0.323 e. The van der Waals surface area contributed by atoms with E-state index in [4.69, 9.17) is 16.6 Å². The molecular formula is C19H17BrN4O3S. The molecule has 2 amide bonds. The van der Waals surface area contributed by atoms with Gasteiger partial charge in [0, 0.05) is 21.3 Å². The molecule has 0 radical (unpaired) electrons. The summed E-state index contributed by atoms with van der Waals surface area (Å²) in [5, 5.41) is 5.38. The number of nitrogens with zero attached hydrogens (tertiary/aromatic N) is 1. The molecule has 144 valence electrons.